The quantitative estimate of drug-likeness (QED) is 0.136. The van der Waals surface area contributed by atoms with Crippen molar-refractivity contribution in [2.24, 2.45) is 0 Å². The number of hydrogen-bond acceptors (Lipinski definition) is 0. The summed E-state index contributed by atoms with van der Waals surface area (Å²) in [6, 6.07) is 63.1. The lowest BCUT2D eigenvalue weighted by Gasteiger charge is -2.23. The highest BCUT2D eigenvalue weighted by Gasteiger charge is 2.37. The van der Waals surface area contributed by atoms with Crippen molar-refractivity contribution in [2.45, 2.75) is 19.3 Å². The fraction of sp³-hybridized carbons (Fsp3) is 0.0612. The third kappa shape index (κ3) is 4.04. The second-order valence-electron chi connectivity index (χ2n) is 14.0. The van der Waals surface area contributed by atoms with Gasteiger partial charge in [-0.2, -0.15) is 0 Å². The van der Waals surface area contributed by atoms with Crippen LogP contribution in [0.2, 0.25) is 0 Å². The first-order valence-electron chi connectivity index (χ1n) is 17.3. The van der Waals surface area contributed by atoms with E-state index in [4.69, 9.17) is 0 Å². The zero-order valence-electron chi connectivity index (χ0n) is 27.7. The maximum atomic E-state index is 2.49. The Labute approximate surface area is 286 Å². The molecule has 0 saturated carbocycles. The molecule has 0 nitrogen and oxygen atoms in total. The molecule has 230 valence electrons. The maximum absolute atomic E-state index is 2.49. The van der Waals surface area contributed by atoms with Crippen molar-refractivity contribution in [2.75, 3.05) is 0 Å². The van der Waals surface area contributed by atoms with E-state index in [1.54, 1.807) is 0 Å². The first-order valence-corrected chi connectivity index (χ1v) is 17.3. The Hall–Kier alpha value is -5.98. The van der Waals surface area contributed by atoms with Crippen molar-refractivity contribution in [3.63, 3.8) is 0 Å². The summed E-state index contributed by atoms with van der Waals surface area (Å²) in [6.45, 7) is 4.76. The molecule has 0 aliphatic heterocycles. The fourth-order valence-corrected chi connectivity index (χ4v) is 8.79. The van der Waals surface area contributed by atoms with Crippen LogP contribution in [0.3, 0.4) is 0 Å². The monoisotopic (exact) mass is 622 g/mol. The van der Waals surface area contributed by atoms with Gasteiger partial charge in [0.15, 0.2) is 0 Å². The molecule has 0 bridgehead atoms. The number of hydrogen-bond donors (Lipinski definition) is 0. The molecule has 0 fully saturated rings. The van der Waals surface area contributed by atoms with Gasteiger partial charge in [0.2, 0.25) is 0 Å². The van der Waals surface area contributed by atoms with Crippen LogP contribution in [0.15, 0.2) is 170 Å². The van der Waals surface area contributed by atoms with Gasteiger partial charge < -0.3 is 0 Å². The summed E-state index contributed by atoms with van der Waals surface area (Å²) in [7, 11) is 0. The molecule has 0 heterocycles. The lowest BCUT2D eigenvalue weighted by molar-refractivity contribution is 0.661. The van der Waals surface area contributed by atoms with Crippen LogP contribution in [0, 0.1) is 0 Å². The van der Waals surface area contributed by atoms with Crippen LogP contribution in [0.25, 0.3) is 87.6 Å². The van der Waals surface area contributed by atoms with Crippen LogP contribution < -0.4 is 0 Å². The van der Waals surface area contributed by atoms with Crippen LogP contribution in [-0.2, 0) is 5.41 Å². The predicted molar refractivity (Wildman–Crippen MR) is 210 cm³/mol. The molecule has 10 rings (SSSR count). The Balaban J connectivity index is 1.28. The van der Waals surface area contributed by atoms with Crippen LogP contribution in [-0.4, -0.2) is 0 Å². The van der Waals surface area contributed by atoms with E-state index in [1.807, 2.05) is 0 Å². The van der Waals surface area contributed by atoms with Crippen molar-refractivity contribution < 1.29 is 0 Å². The molecule has 0 unspecified atom stereocenters. The standard InChI is InChI=1S/C49H34/c1-49(2)43-26-13-12-25-40(43)47-37-22-9-8-21-36(37)42(30-44(47)49)33-18-14-19-34(29-33)45-38-23-10-11-24-39(38)46(32-16-4-3-5-17-32)48-35-20-7-6-15-31(35)27-28-41(45)48/h3-30H,1-2H3. The van der Waals surface area contributed by atoms with Gasteiger partial charge in [-0.1, -0.05) is 172 Å². The van der Waals surface area contributed by atoms with Crippen LogP contribution in [0.4, 0.5) is 0 Å². The first kappa shape index (κ1) is 28.1. The highest BCUT2D eigenvalue weighted by molar-refractivity contribution is 6.28. The van der Waals surface area contributed by atoms with Gasteiger partial charge in [-0.05, 0) is 111 Å². The van der Waals surface area contributed by atoms with E-state index >= 15 is 0 Å². The molecule has 1 aliphatic rings. The third-order valence-electron chi connectivity index (χ3n) is 11.0. The highest BCUT2D eigenvalue weighted by Crippen LogP contribution is 2.53. The van der Waals surface area contributed by atoms with Gasteiger partial charge in [0.25, 0.3) is 0 Å². The van der Waals surface area contributed by atoms with Gasteiger partial charge >= 0.3 is 0 Å². The summed E-state index contributed by atoms with van der Waals surface area (Å²) < 4.78 is 0. The minimum Gasteiger partial charge on any atom is -0.0622 e. The van der Waals surface area contributed by atoms with E-state index in [1.165, 1.54) is 98.7 Å². The van der Waals surface area contributed by atoms with Crippen molar-refractivity contribution in [3.05, 3.63) is 181 Å². The van der Waals surface area contributed by atoms with Crippen LogP contribution in [0.1, 0.15) is 25.0 Å². The normalized spacial score (nSPS) is 13.3. The lowest BCUT2D eigenvalue weighted by atomic mass is 9.80. The zero-order chi connectivity index (χ0) is 32.7. The Morgan fingerprint density at radius 3 is 1.71 bits per heavy atom. The molecule has 49 heavy (non-hydrogen) atoms. The molecule has 0 radical (unpaired) electrons. The molecular weight excluding hydrogens is 589 g/mol. The Bertz CT molecular complexity index is 2780. The molecular formula is C49H34. The molecule has 0 amide bonds. The molecule has 0 atom stereocenters. The summed E-state index contributed by atoms with van der Waals surface area (Å²) in [5, 5.41) is 10.3. The second kappa shape index (κ2) is 10.5. The Morgan fingerprint density at radius 1 is 0.327 bits per heavy atom. The second-order valence-corrected chi connectivity index (χ2v) is 14.0. The molecule has 0 aromatic heterocycles. The van der Waals surface area contributed by atoms with E-state index in [9.17, 15) is 0 Å². The largest absolute Gasteiger partial charge is 0.0622 e. The first-order chi connectivity index (χ1) is 24.1. The van der Waals surface area contributed by atoms with E-state index < -0.39 is 0 Å². The smallest absolute Gasteiger partial charge is 0.0159 e. The average Bonchev–Trinajstić information content (AvgIpc) is 3.39. The zero-order valence-corrected chi connectivity index (χ0v) is 27.7. The summed E-state index contributed by atoms with van der Waals surface area (Å²) in [5.41, 5.74) is 13.1. The van der Waals surface area contributed by atoms with Gasteiger partial charge in [0.05, 0.1) is 0 Å². The summed E-state index contributed by atoms with van der Waals surface area (Å²) >= 11 is 0. The molecule has 0 saturated heterocycles. The molecule has 0 heteroatoms. The van der Waals surface area contributed by atoms with Crippen molar-refractivity contribution >= 4 is 43.1 Å². The van der Waals surface area contributed by atoms with E-state index in [2.05, 4.69) is 184 Å². The van der Waals surface area contributed by atoms with E-state index in [-0.39, 0.29) is 5.41 Å². The number of rotatable bonds is 3. The van der Waals surface area contributed by atoms with Crippen molar-refractivity contribution in [1.29, 1.82) is 0 Å². The van der Waals surface area contributed by atoms with E-state index in [0.717, 1.165) is 0 Å². The Morgan fingerprint density at radius 2 is 0.918 bits per heavy atom. The SMILES string of the molecule is CC1(C)c2ccccc2-c2c1cc(-c1cccc(-c3c4ccccc4c(-c4ccccc4)c4c3ccc3ccccc34)c1)c1ccccc21. The molecule has 9 aromatic rings. The number of fused-ring (bicyclic) bond motifs is 9. The molecule has 9 aromatic carbocycles. The van der Waals surface area contributed by atoms with Crippen molar-refractivity contribution in [1.82, 2.24) is 0 Å². The number of benzene rings is 9. The summed E-state index contributed by atoms with van der Waals surface area (Å²) in [5.74, 6) is 0. The highest BCUT2D eigenvalue weighted by atomic mass is 14.4. The van der Waals surface area contributed by atoms with Gasteiger partial charge in [0.1, 0.15) is 0 Å². The summed E-state index contributed by atoms with van der Waals surface area (Å²) in [4.78, 5) is 0. The predicted octanol–water partition coefficient (Wildman–Crippen LogP) is 13.6. The lowest BCUT2D eigenvalue weighted by Crippen LogP contribution is -2.15. The molecule has 1 aliphatic carbocycles. The molecule has 0 N–H and O–H groups in total. The topological polar surface area (TPSA) is 0 Å². The van der Waals surface area contributed by atoms with Gasteiger partial charge in [0, 0.05) is 5.41 Å². The van der Waals surface area contributed by atoms with Gasteiger partial charge in [-0.25, -0.2) is 0 Å². The van der Waals surface area contributed by atoms with Crippen molar-refractivity contribution in [3.8, 4) is 44.5 Å². The van der Waals surface area contributed by atoms with Gasteiger partial charge in [-0.3, -0.25) is 0 Å². The fourth-order valence-electron chi connectivity index (χ4n) is 8.79. The maximum Gasteiger partial charge on any atom is 0.0159 e. The van der Waals surface area contributed by atoms with E-state index in [0.29, 0.717) is 0 Å². The Kier molecular flexibility index (Phi) is 6.02. The minimum atomic E-state index is -0.0803. The summed E-state index contributed by atoms with van der Waals surface area (Å²) in [6.07, 6.45) is 0. The minimum absolute atomic E-state index is 0.0803. The average molecular weight is 623 g/mol. The van der Waals surface area contributed by atoms with Crippen LogP contribution in [0.5, 0.6) is 0 Å². The van der Waals surface area contributed by atoms with Gasteiger partial charge in [-0.15, -0.1) is 0 Å². The molecule has 0 spiro atoms. The third-order valence-corrected chi connectivity index (χ3v) is 11.0. The van der Waals surface area contributed by atoms with Crippen LogP contribution >= 0.6 is 0 Å².